The van der Waals surface area contributed by atoms with E-state index in [0.717, 1.165) is 16.9 Å². The van der Waals surface area contributed by atoms with E-state index in [9.17, 15) is 8.42 Å². The van der Waals surface area contributed by atoms with Gasteiger partial charge < -0.3 is 10.1 Å². The van der Waals surface area contributed by atoms with Gasteiger partial charge in [-0.25, -0.2) is 8.42 Å². The summed E-state index contributed by atoms with van der Waals surface area (Å²) in [6.07, 6.45) is 0. The summed E-state index contributed by atoms with van der Waals surface area (Å²) in [6, 6.07) is 3.50. The van der Waals surface area contributed by atoms with Crippen molar-refractivity contribution in [1.82, 2.24) is 5.32 Å². The van der Waals surface area contributed by atoms with Crippen LogP contribution >= 0.6 is 0 Å². The molecule has 0 saturated carbocycles. The lowest BCUT2D eigenvalue weighted by molar-refractivity contribution is 0.410. The van der Waals surface area contributed by atoms with Gasteiger partial charge in [0, 0.05) is 13.1 Å². The highest BCUT2D eigenvalue weighted by Crippen LogP contribution is 2.28. The van der Waals surface area contributed by atoms with Crippen LogP contribution in [0.4, 0.5) is 0 Å². The van der Waals surface area contributed by atoms with E-state index < -0.39 is 9.84 Å². The Hall–Kier alpha value is -1.07. The van der Waals surface area contributed by atoms with E-state index in [-0.39, 0.29) is 5.25 Å². The third kappa shape index (κ3) is 2.05. The lowest BCUT2D eigenvalue weighted by Gasteiger charge is -2.27. The molecule has 0 aromatic heterocycles. The second-order valence-corrected chi connectivity index (χ2v) is 6.61. The summed E-state index contributed by atoms with van der Waals surface area (Å²) in [6.45, 7) is 4.76. The van der Waals surface area contributed by atoms with Crippen LogP contribution < -0.4 is 10.1 Å². The van der Waals surface area contributed by atoms with Gasteiger partial charge in [0.25, 0.3) is 0 Å². The van der Waals surface area contributed by atoms with Crippen molar-refractivity contribution in [3.8, 4) is 5.75 Å². The van der Waals surface area contributed by atoms with E-state index in [0.29, 0.717) is 18.0 Å². The molecule has 1 aromatic rings. The molecular weight excluding hydrogens is 238 g/mol. The van der Waals surface area contributed by atoms with Gasteiger partial charge in [-0.2, -0.15) is 0 Å². The van der Waals surface area contributed by atoms with Crippen LogP contribution in [-0.2, 0) is 9.84 Å². The highest BCUT2D eigenvalue weighted by molar-refractivity contribution is 7.92. The van der Waals surface area contributed by atoms with Gasteiger partial charge in [-0.05, 0) is 37.1 Å². The second-order valence-electron chi connectivity index (χ2n) is 4.41. The number of methoxy groups -OCH3 is 1. The summed E-state index contributed by atoms with van der Waals surface area (Å²) in [5, 5.41) is 2.71. The summed E-state index contributed by atoms with van der Waals surface area (Å²) in [4.78, 5) is 0.433. The minimum atomic E-state index is -3.20. The zero-order chi connectivity index (χ0) is 12.6. The molecule has 1 heterocycles. The Labute approximate surface area is 102 Å². The minimum Gasteiger partial charge on any atom is -0.496 e. The lowest BCUT2D eigenvalue weighted by atomic mass is 10.1. The monoisotopic (exact) mass is 255 g/mol. The molecule has 17 heavy (non-hydrogen) atoms. The maximum Gasteiger partial charge on any atom is 0.184 e. The number of hydrogen-bond acceptors (Lipinski definition) is 4. The molecule has 2 rings (SSSR count). The van der Waals surface area contributed by atoms with Crippen molar-refractivity contribution in [2.24, 2.45) is 0 Å². The zero-order valence-corrected chi connectivity index (χ0v) is 11.1. The second kappa shape index (κ2) is 4.31. The first kappa shape index (κ1) is 12.4. The molecule has 1 saturated heterocycles. The fourth-order valence-electron chi connectivity index (χ4n) is 1.95. The van der Waals surface area contributed by atoms with Gasteiger partial charge in [0.2, 0.25) is 0 Å². The van der Waals surface area contributed by atoms with Gasteiger partial charge >= 0.3 is 0 Å². The summed E-state index contributed by atoms with van der Waals surface area (Å²) in [5.41, 5.74) is 1.60. The summed E-state index contributed by atoms with van der Waals surface area (Å²) < 4.78 is 29.8. The maximum absolute atomic E-state index is 12.3. The Balaban J connectivity index is 2.49. The number of aryl methyl sites for hydroxylation is 2. The predicted molar refractivity (Wildman–Crippen MR) is 66.3 cm³/mol. The van der Waals surface area contributed by atoms with Crippen molar-refractivity contribution in [2.75, 3.05) is 20.2 Å². The number of rotatable bonds is 3. The molecule has 1 aromatic carbocycles. The van der Waals surface area contributed by atoms with E-state index >= 15 is 0 Å². The maximum atomic E-state index is 12.3. The van der Waals surface area contributed by atoms with Crippen LogP contribution in [0.25, 0.3) is 0 Å². The quantitative estimate of drug-likeness (QED) is 0.877. The van der Waals surface area contributed by atoms with Gasteiger partial charge in [0.1, 0.15) is 5.75 Å². The van der Waals surface area contributed by atoms with E-state index in [4.69, 9.17) is 4.74 Å². The van der Waals surface area contributed by atoms with Crippen LogP contribution in [0.5, 0.6) is 5.75 Å². The molecule has 0 amide bonds. The number of ether oxygens (including phenoxy) is 1. The Morgan fingerprint density at radius 3 is 2.35 bits per heavy atom. The number of sulfone groups is 1. The van der Waals surface area contributed by atoms with Gasteiger partial charge in [0.15, 0.2) is 9.84 Å². The normalized spacial score (nSPS) is 16.6. The van der Waals surface area contributed by atoms with Gasteiger partial charge in [-0.1, -0.05) is 0 Å². The summed E-state index contributed by atoms with van der Waals surface area (Å²) >= 11 is 0. The molecule has 1 N–H and O–H groups in total. The molecule has 0 bridgehead atoms. The van der Waals surface area contributed by atoms with Crippen molar-refractivity contribution < 1.29 is 13.2 Å². The van der Waals surface area contributed by atoms with Crippen molar-refractivity contribution >= 4 is 9.84 Å². The van der Waals surface area contributed by atoms with E-state index in [1.54, 1.807) is 26.2 Å². The third-order valence-electron chi connectivity index (χ3n) is 3.18. The molecule has 0 radical (unpaired) electrons. The zero-order valence-electron chi connectivity index (χ0n) is 10.3. The van der Waals surface area contributed by atoms with Crippen molar-refractivity contribution in [3.63, 3.8) is 0 Å². The summed E-state index contributed by atoms with van der Waals surface area (Å²) in [5.74, 6) is 0.730. The first-order valence-corrected chi connectivity index (χ1v) is 7.11. The molecule has 0 aliphatic carbocycles. The van der Waals surface area contributed by atoms with Gasteiger partial charge in [-0.3, -0.25) is 0 Å². The van der Waals surface area contributed by atoms with Crippen molar-refractivity contribution in [2.45, 2.75) is 24.0 Å². The molecule has 1 aliphatic heterocycles. The molecule has 94 valence electrons. The molecule has 0 spiro atoms. The fraction of sp³-hybridized carbons (Fsp3) is 0.500. The molecule has 0 unspecified atom stereocenters. The summed E-state index contributed by atoms with van der Waals surface area (Å²) in [7, 11) is -1.61. The Morgan fingerprint density at radius 2 is 1.88 bits per heavy atom. The van der Waals surface area contributed by atoms with E-state index in [1.807, 2.05) is 6.92 Å². The van der Waals surface area contributed by atoms with Gasteiger partial charge in [-0.15, -0.1) is 0 Å². The van der Waals surface area contributed by atoms with Gasteiger partial charge in [0.05, 0.1) is 17.3 Å². The minimum absolute atomic E-state index is 0.283. The Bertz CT molecular complexity index is 533. The fourth-order valence-corrected chi connectivity index (χ4v) is 3.83. The van der Waals surface area contributed by atoms with Crippen LogP contribution in [-0.4, -0.2) is 33.9 Å². The third-order valence-corrected chi connectivity index (χ3v) is 5.45. The van der Waals surface area contributed by atoms with Crippen LogP contribution in [0, 0.1) is 13.8 Å². The standard InChI is InChI=1S/C12H17NO3S/c1-8-5-12(9(2)4-11(8)16-3)17(14,15)10-6-13-7-10/h4-5,10,13H,6-7H2,1-3H3. The Morgan fingerprint density at radius 1 is 1.24 bits per heavy atom. The number of hydrogen-bond donors (Lipinski definition) is 1. The van der Waals surface area contributed by atoms with Crippen LogP contribution in [0.2, 0.25) is 0 Å². The molecule has 4 nitrogen and oxygen atoms in total. The van der Waals surface area contributed by atoms with Crippen LogP contribution in [0.3, 0.4) is 0 Å². The molecule has 1 aliphatic rings. The topological polar surface area (TPSA) is 55.4 Å². The predicted octanol–water partition coefficient (Wildman–Crippen LogP) is 1.06. The largest absolute Gasteiger partial charge is 0.496 e. The average molecular weight is 255 g/mol. The number of benzene rings is 1. The molecule has 1 fully saturated rings. The average Bonchev–Trinajstić information content (AvgIpc) is 2.17. The van der Waals surface area contributed by atoms with Crippen molar-refractivity contribution in [3.05, 3.63) is 23.3 Å². The smallest absolute Gasteiger partial charge is 0.184 e. The first-order chi connectivity index (χ1) is 7.96. The number of nitrogens with one attached hydrogen (secondary N) is 1. The molecular formula is C12H17NO3S. The first-order valence-electron chi connectivity index (χ1n) is 5.56. The van der Waals surface area contributed by atoms with Crippen LogP contribution in [0.1, 0.15) is 11.1 Å². The molecule has 0 atom stereocenters. The highest BCUT2D eigenvalue weighted by atomic mass is 32.2. The van der Waals surface area contributed by atoms with E-state index in [2.05, 4.69) is 5.32 Å². The van der Waals surface area contributed by atoms with E-state index in [1.165, 1.54) is 0 Å². The van der Waals surface area contributed by atoms with Crippen LogP contribution in [0.15, 0.2) is 17.0 Å². The molecule has 5 heteroatoms. The SMILES string of the molecule is COc1cc(C)c(S(=O)(=O)C2CNC2)cc1C. The van der Waals surface area contributed by atoms with Crippen molar-refractivity contribution in [1.29, 1.82) is 0 Å². The lowest BCUT2D eigenvalue weighted by Crippen LogP contribution is -2.51. The Kier molecular flexibility index (Phi) is 3.14. The highest BCUT2D eigenvalue weighted by Gasteiger charge is 2.33.